The maximum atomic E-state index is 13.0. The molecule has 0 saturated carbocycles. The van der Waals surface area contributed by atoms with Gasteiger partial charge in [-0.05, 0) is 71.4 Å². The van der Waals surface area contributed by atoms with Gasteiger partial charge < -0.3 is 9.80 Å². The number of amides is 1. The molecular weight excluding hydrogens is 402 g/mol. The van der Waals surface area contributed by atoms with Gasteiger partial charge >= 0.3 is 0 Å². The van der Waals surface area contributed by atoms with Crippen molar-refractivity contribution in [2.75, 3.05) is 19.6 Å². The number of nitrogens with zero attached hydrogens (tertiary/aromatic N) is 4. The first-order valence-electron chi connectivity index (χ1n) is 12.3. The summed E-state index contributed by atoms with van der Waals surface area (Å²) >= 11 is 0. The van der Waals surface area contributed by atoms with E-state index in [2.05, 4.69) is 36.0 Å². The zero-order valence-corrected chi connectivity index (χ0v) is 19.3. The molecule has 2 aliphatic heterocycles. The molecule has 2 aromatic rings. The van der Waals surface area contributed by atoms with E-state index in [1.807, 2.05) is 11.0 Å². The van der Waals surface area contributed by atoms with Gasteiger partial charge in [0.15, 0.2) is 5.65 Å². The van der Waals surface area contributed by atoms with Gasteiger partial charge in [-0.2, -0.15) is 0 Å². The quantitative estimate of drug-likeness (QED) is 0.725. The molecule has 0 aromatic carbocycles. The third-order valence-corrected chi connectivity index (χ3v) is 7.65. The minimum absolute atomic E-state index is 0.00622. The van der Waals surface area contributed by atoms with Crippen LogP contribution in [0.5, 0.6) is 0 Å². The van der Waals surface area contributed by atoms with Crippen LogP contribution in [-0.4, -0.2) is 56.0 Å². The number of hydrogen-bond acceptors (Lipinski definition) is 4. The molecule has 1 N–H and O–H groups in total. The molecule has 2 unspecified atom stereocenters. The molecule has 5 rings (SSSR count). The second kappa shape index (κ2) is 8.85. The minimum Gasteiger partial charge on any atom is -0.334 e. The Balaban J connectivity index is 1.35. The number of H-pyrrole nitrogens is 1. The Labute approximate surface area is 189 Å². The summed E-state index contributed by atoms with van der Waals surface area (Å²) in [6.45, 7) is 7.37. The number of aromatic nitrogens is 3. The molecule has 7 nitrogen and oxygen atoms in total. The molecule has 0 spiro atoms. The number of fused-ring (bicyclic) bond motifs is 1. The second-order valence-corrected chi connectivity index (χ2v) is 10.0. The molecule has 1 amide bonds. The Kier molecular flexibility index (Phi) is 5.93. The summed E-state index contributed by atoms with van der Waals surface area (Å²) < 4.78 is 1.54. The summed E-state index contributed by atoms with van der Waals surface area (Å²) in [5.41, 5.74) is 2.45. The smallest absolute Gasteiger partial charge is 0.272 e. The van der Waals surface area contributed by atoms with Crippen LogP contribution in [0.25, 0.3) is 5.65 Å². The topological polar surface area (TPSA) is 73.7 Å². The van der Waals surface area contributed by atoms with E-state index >= 15 is 0 Å². The van der Waals surface area contributed by atoms with Crippen molar-refractivity contribution in [3.8, 4) is 0 Å². The van der Waals surface area contributed by atoms with Gasteiger partial charge in [-0.25, -0.2) is 9.50 Å². The van der Waals surface area contributed by atoms with E-state index in [4.69, 9.17) is 4.98 Å². The van der Waals surface area contributed by atoms with Crippen LogP contribution in [0, 0.1) is 5.92 Å². The van der Waals surface area contributed by atoms with Gasteiger partial charge in [0.05, 0.1) is 17.4 Å². The molecule has 32 heavy (non-hydrogen) atoms. The molecule has 2 saturated heterocycles. The molecule has 7 heteroatoms. The highest BCUT2D eigenvalue weighted by Gasteiger charge is 2.32. The number of likely N-dealkylation sites (tertiary alicyclic amines) is 2. The normalized spacial score (nSPS) is 24.9. The van der Waals surface area contributed by atoms with Crippen LogP contribution in [0.15, 0.2) is 29.1 Å². The molecular formula is C25H35N5O2. The van der Waals surface area contributed by atoms with Gasteiger partial charge in [0, 0.05) is 37.1 Å². The lowest BCUT2D eigenvalue weighted by Gasteiger charge is -2.34. The van der Waals surface area contributed by atoms with Crippen molar-refractivity contribution in [1.82, 2.24) is 24.4 Å². The van der Waals surface area contributed by atoms with Crippen molar-refractivity contribution in [3.63, 3.8) is 0 Å². The summed E-state index contributed by atoms with van der Waals surface area (Å²) in [5, 5.41) is 3.26. The molecule has 0 radical (unpaired) electrons. The molecule has 1 aliphatic carbocycles. The highest BCUT2D eigenvalue weighted by atomic mass is 16.2. The van der Waals surface area contributed by atoms with E-state index in [1.165, 1.54) is 0 Å². The number of allylic oxidation sites excluding steroid dienone is 2. The standard InChI is InChI=1S/C25H35N5O2/c1-17(2)28-12-9-19(10-13-28)20-16-25(32)30-23(26-20)15-21(27-30)22-8-5-11-29(22)24(31)14-18-6-3-4-7-18/h3,6,15-19,22,27H,4-5,7-14H2,1-2H3. The van der Waals surface area contributed by atoms with Crippen molar-refractivity contribution in [1.29, 1.82) is 0 Å². The lowest BCUT2D eigenvalue weighted by atomic mass is 9.92. The van der Waals surface area contributed by atoms with Gasteiger partial charge in [0.2, 0.25) is 5.91 Å². The summed E-state index contributed by atoms with van der Waals surface area (Å²) in [6.07, 6.45) is 11.1. The lowest BCUT2D eigenvalue weighted by molar-refractivity contribution is -0.132. The highest BCUT2D eigenvalue weighted by molar-refractivity contribution is 5.77. The fourth-order valence-electron chi connectivity index (χ4n) is 5.72. The zero-order valence-electron chi connectivity index (χ0n) is 19.3. The van der Waals surface area contributed by atoms with Crippen molar-refractivity contribution in [2.45, 2.75) is 76.8 Å². The Hall–Kier alpha value is -2.41. The number of piperidine rings is 1. The fourth-order valence-corrected chi connectivity index (χ4v) is 5.72. The van der Waals surface area contributed by atoms with E-state index in [1.54, 1.807) is 10.6 Å². The second-order valence-electron chi connectivity index (χ2n) is 10.0. The largest absolute Gasteiger partial charge is 0.334 e. The van der Waals surface area contributed by atoms with E-state index in [0.29, 0.717) is 29.9 Å². The summed E-state index contributed by atoms with van der Waals surface area (Å²) in [6, 6.07) is 4.25. The van der Waals surface area contributed by atoms with E-state index in [0.717, 1.165) is 69.5 Å². The molecule has 4 heterocycles. The van der Waals surface area contributed by atoms with E-state index in [9.17, 15) is 9.59 Å². The third-order valence-electron chi connectivity index (χ3n) is 7.65. The van der Waals surface area contributed by atoms with Crippen molar-refractivity contribution >= 4 is 11.6 Å². The summed E-state index contributed by atoms with van der Waals surface area (Å²) in [7, 11) is 0. The highest BCUT2D eigenvalue weighted by Crippen LogP contribution is 2.34. The molecule has 2 fully saturated rings. The number of carbonyl (C=O) groups is 1. The number of carbonyl (C=O) groups excluding carboxylic acids is 1. The van der Waals surface area contributed by atoms with Crippen LogP contribution in [0.1, 0.15) is 82.1 Å². The molecule has 2 atom stereocenters. The summed E-state index contributed by atoms with van der Waals surface area (Å²) in [5.74, 6) is 0.936. The Bertz CT molecular complexity index is 1060. The average Bonchev–Trinajstić information content (AvgIpc) is 3.53. The van der Waals surface area contributed by atoms with Crippen LogP contribution in [0.3, 0.4) is 0 Å². The lowest BCUT2D eigenvalue weighted by Crippen LogP contribution is -2.38. The van der Waals surface area contributed by atoms with E-state index in [-0.39, 0.29) is 17.5 Å². The van der Waals surface area contributed by atoms with Crippen molar-refractivity contribution in [2.24, 2.45) is 5.92 Å². The number of hydrogen-bond donors (Lipinski definition) is 1. The Morgan fingerprint density at radius 3 is 2.69 bits per heavy atom. The first-order chi connectivity index (χ1) is 15.5. The monoisotopic (exact) mass is 437 g/mol. The first kappa shape index (κ1) is 21.4. The molecule has 3 aliphatic rings. The predicted octanol–water partition coefficient (Wildman–Crippen LogP) is 3.63. The SMILES string of the molecule is CC(C)N1CCC(c2cc(=O)n3[nH]c(C4CCCN4C(=O)CC4C=CCC4)cc3n2)CC1. The predicted molar refractivity (Wildman–Crippen MR) is 125 cm³/mol. The van der Waals surface area contributed by atoms with Crippen molar-refractivity contribution < 1.29 is 4.79 Å². The average molecular weight is 438 g/mol. The maximum Gasteiger partial charge on any atom is 0.272 e. The van der Waals surface area contributed by atoms with Gasteiger partial charge in [0.1, 0.15) is 0 Å². The first-order valence-corrected chi connectivity index (χ1v) is 12.3. The van der Waals surface area contributed by atoms with Crippen LogP contribution in [0.4, 0.5) is 0 Å². The zero-order chi connectivity index (χ0) is 22.2. The van der Waals surface area contributed by atoms with Crippen LogP contribution in [0.2, 0.25) is 0 Å². The maximum absolute atomic E-state index is 13.0. The number of aromatic amines is 1. The number of rotatable bonds is 5. The van der Waals surface area contributed by atoms with E-state index < -0.39 is 0 Å². The number of nitrogens with one attached hydrogen (secondary N) is 1. The van der Waals surface area contributed by atoms with Crippen LogP contribution < -0.4 is 5.56 Å². The Morgan fingerprint density at radius 2 is 1.97 bits per heavy atom. The molecule has 172 valence electrons. The minimum atomic E-state index is -0.0606. The fraction of sp³-hybridized carbons (Fsp3) is 0.640. The Morgan fingerprint density at radius 1 is 1.16 bits per heavy atom. The molecule has 2 aromatic heterocycles. The summed E-state index contributed by atoms with van der Waals surface area (Å²) in [4.78, 5) is 35.2. The van der Waals surface area contributed by atoms with Crippen molar-refractivity contribution in [3.05, 3.63) is 46.0 Å². The third kappa shape index (κ3) is 4.15. The van der Waals surface area contributed by atoms with Gasteiger partial charge in [-0.15, -0.1) is 0 Å². The molecule has 0 bridgehead atoms. The van der Waals surface area contributed by atoms with Gasteiger partial charge in [-0.1, -0.05) is 12.2 Å². The van der Waals surface area contributed by atoms with Crippen LogP contribution >= 0.6 is 0 Å². The van der Waals surface area contributed by atoms with Gasteiger partial charge in [0.25, 0.3) is 5.56 Å². The van der Waals surface area contributed by atoms with Gasteiger partial charge in [-0.3, -0.25) is 14.7 Å². The van der Waals surface area contributed by atoms with Crippen LogP contribution in [-0.2, 0) is 4.79 Å².